The number of hydrogen-bond acceptors (Lipinski definition) is 5. The first-order valence-electron chi connectivity index (χ1n) is 8.95. The second-order valence-electron chi connectivity index (χ2n) is 7.24. The van der Waals surface area contributed by atoms with Crippen LogP contribution in [0.15, 0.2) is 18.2 Å². The predicted molar refractivity (Wildman–Crippen MR) is 96.6 cm³/mol. The standard InChI is InChI=1S/C19H24N2O6/c1-12-3-4-15(27-2)14(9-12)21-11-13(10-16(21)22)17(23)20-7-5-19(26,6-8-20)18(24)25/h3-4,9,13,26H,5-8,10-11H2,1-2H3,(H,24,25). The summed E-state index contributed by atoms with van der Waals surface area (Å²) >= 11 is 0. The van der Waals surface area contributed by atoms with E-state index in [0.29, 0.717) is 11.4 Å². The van der Waals surface area contributed by atoms with Crippen molar-refractivity contribution in [2.24, 2.45) is 5.92 Å². The van der Waals surface area contributed by atoms with Gasteiger partial charge in [-0.2, -0.15) is 0 Å². The van der Waals surface area contributed by atoms with Crippen molar-refractivity contribution in [2.75, 3.05) is 31.6 Å². The van der Waals surface area contributed by atoms with Gasteiger partial charge in [-0.05, 0) is 24.6 Å². The van der Waals surface area contributed by atoms with Crippen LogP contribution >= 0.6 is 0 Å². The fourth-order valence-electron chi connectivity index (χ4n) is 3.69. The molecule has 2 fully saturated rings. The van der Waals surface area contributed by atoms with E-state index in [0.717, 1.165) is 5.56 Å². The van der Waals surface area contributed by atoms with Gasteiger partial charge in [-0.15, -0.1) is 0 Å². The van der Waals surface area contributed by atoms with Gasteiger partial charge in [-0.25, -0.2) is 4.79 Å². The van der Waals surface area contributed by atoms with Crippen LogP contribution < -0.4 is 9.64 Å². The van der Waals surface area contributed by atoms with E-state index < -0.39 is 17.5 Å². The van der Waals surface area contributed by atoms with Gasteiger partial charge in [0.25, 0.3) is 0 Å². The lowest BCUT2D eigenvalue weighted by Gasteiger charge is -2.36. The lowest BCUT2D eigenvalue weighted by molar-refractivity contribution is -0.165. The van der Waals surface area contributed by atoms with Gasteiger partial charge >= 0.3 is 5.97 Å². The smallest absolute Gasteiger partial charge is 0.335 e. The van der Waals surface area contributed by atoms with E-state index in [9.17, 15) is 19.5 Å². The van der Waals surface area contributed by atoms with Crippen LogP contribution in [-0.2, 0) is 14.4 Å². The van der Waals surface area contributed by atoms with Gasteiger partial charge in [-0.3, -0.25) is 9.59 Å². The van der Waals surface area contributed by atoms with E-state index in [1.807, 2.05) is 19.1 Å². The first-order valence-corrected chi connectivity index (χ1v) is 8.95. The van der Waals surface area contributed by atoms with Crippen LogP contribution in [0.1, 0.15) is 24.8 Å². The Morgan fingerprint density at radius 3 is 2.52 bits per heavy atom. The summed E-state index contributed by atoms with van der Waals surface area (Å²) in [6.45, 7) is 2.51. The molecule has 1 aromatic rings. The SMILES string of the molecule is COc1ccc(C)cc1N1CC(C(=O)N2CCC(O)(C(=O)O)CC2)CC1=O. The molecular formula is C19H24N2O6. The molecular weight excluding hydrogens is 352 g/mol. The Kier molecular flexibility index (Phi) is 5.10. The Bertz CT molecular complexity index is 769. The van der Waals surface area contributed by atoms with E-state index >= 15 is 0 Å². The monoisotopic (exact) mass is 376 g/mol. The second kappa shape index (κ2) is 7.19. The number of anilines is 1. The maximum absolute atomic E-state index is 12.8. The molecule has 2 amide bonds. The number of likely N-dealkylation sites (tertiary alicyclic amines) is 1. The second-order valence-corrected chi connectivity index (χ2v) is 7.24. The van der Waals surface area contributed by atoms with Crippen molar-refractivity contribution >= 4 is 23.5 Å². The van der Waals surface area contributed by atoms with Crippen molar-refractivity contribution in [3.63, 3.8) is 0 Å². The maximum atomic E-state index is 12.8. The minimum absolute atomic E-state index is 0.00976. The molecule has 27 heavy (non-hydrogen) atoms. The topological polar surface area (TPSA) is 107 Å². The molecule has 146 valence electrons. The molecule has 1 atom stereocenters. The molecule has 0 radical (unpaired) electrons. The van der Waals surface area contributed by atoms with Crippen LogP contribution in [0.4, 0.5) is 5.69 Å². The molecule has 0 bridgehead atoms. The van der Waals surface area contributed by atoms with Crippen LogP contribution in [0.25, 0.3) is 0 Å². The summed E-state index contributed by atoms with van der Waals surface area (Å²) in [5.41, 5.74) is -0.141. The number of methoxy groups -OCH3 is 1. The number of carbonyl (C=O) groups is 3. The summed E-state index contributed by atoms with van der Waals surface area (Å²) in [5, 5.41) is 19.1. The molecule has 3 rings (SSSR count). The zero-order valence-corrected chi connectivity index (χ0v) is 15.5. The number of aliphatic hydroxyl groups is 1. The Labute approximate surface area is 157 Å². The first-order chi connectivity index (χ1) is 12.7. The molecule has 2 aliphatic rings. The number of hydrogen-bond donors (Lipinski definition) is 2. The number of amides is 2. The number of ether oxygens (including phenoxy) is 1. The van der Waals surface area contributed by atoms with E-state index in [4.69, 9.17) is 9.84 Å². The predicted octanol–water partition coefficient (Wildman–Crippen LogP) is 0.795. The van der Waals surface area contributed by atoms with E-state index in [1.165, 1.54) is 7.11 Å². The van der Waals surface area contributed by atoms with Gasteiger partial charge in [0.05, 0.1) is 18.7 Å². The third kappa shape index (κ3) is 3.62. The molecule has 0 saturated carbocycles. The van der Waals surface area contributed by atoms with Crippen LogP contribution in [0.3, 0.4) is 0 Å². The molecule has 1 aromatic carbocycles. The fourth-order valence-corrected chi connectivity index (χ4v) is 3.69. The molecule has 0 spiro atoms. The number of benzene rings is 1. The number of carbonyl (C=O) groups excluding carboxylic acids is 2. The largest absolute Gasteiger partial charge is 0.495 e. The van der Waals surface area contributed by atoms with Gasteiger partial charge in [-0.1, -0.05) is 6.07 Å². The third-order valence-corrected chi connectivity index (χ3v) is 5.40. The summed E-state index contributed by atoms with van der Waals surface area (Å²) in [6.07, 6.45) is 0.0872. The third-order valence-electron chi connectivity index (χ3n) is 5.40. The quantitative estimate of drug-likeness (QED) is 0.805. The summed E-state index contributed by atoms with van der Waals surface area (Å²) in [5.74, 6) is -1.49. The highest BCUT2D eigenvalue weighted by Crippen LogP contribution is 2.35. The van der Waals surface area contributed by atoms with E-state index in [2.05, 4.69) is 0 Å². The number of piperidine rings is 1. The fraction of sp³-hybridized carbons (Fsp3) is 0.526. The molecule has 0 aliphatic carbocycles. The Balaban J connectivity index is 1.70. The highest BCUT2D eigenvalue weighted by atomic mass is 16.5. The molecule has 8 nitrogen and oxygen atoms in total. The van der Waals surface area contributed by atoms with E-state index in [-0.39, 0.29) is 50.7 Å². The normalized spacial score (nSPS) is 22.0. The minimum atomic E-state index is -1.77. The zero-order valence-electron chi connectivity index (χ0n) is 15.5. The Morgan fingerprint density at radius 1 is 1.26 bits per heavy atom. The van der Waals surface area contributed by atoms with Crippen molar-refractivity contribution in [3.05, 3.63) is 23.8 Å². The Morgan fingerprint density at radius 2 is 1.93 bits per heavy atom. The average molecular weight is 376 g/mol. The number of aryl methyl sites for hydroxylation is 1. The van der Waals surface area contributed by atoms with Crippen molar-refractivity contribution in [1.29, 1.82) is 0 Å². The highest BCUT2D eigenvalue weighted by molar-refractivity contribution is 6.01. The van der Waals surface area contributed by atoms with Crippen molar-refractivity contribution < 1.29 is 29.3 Å². The van der Waals surface area contributed by atoms with Crippen molar-refractivity contribution in [2.45, 2.75) is 31.8 Å². The minimum Gasteiger partial charge on any atom is -0.495 e. The van der Waals surface area contributed by atoms with Crippen LogP contribution in [-0.4, -0.2) is 65.2 Å². The summed E-state index contributed by atoms with van der Waals surface area (Å²) in [4.78, 5) is 39.6. The van der Waals surface area contributed by atoms with Crippen molar-refractivity contribution in [3.8, 4) is 5.75 Å². The van der Waals surface area contributed by atoms with Crippen LogP contribution in [0.5, 0.6) is 5.75 Å². The highest BCUT2D eigenvalue weighted by Gasteiger charge is 2.43. The molecule has 2 heterocycles. The molecule has 2 aliphatic heterocycles. The van der Waals surface area contributed by atoms with Gasteiger partial charge in [0, 0.05) is 38.9 Å². The average Bonchev–Trinajstić information content (AvgIpc) is 3.03. The summed E-state index contributed by atoms with van der Waals surface area (Å²) in [7, 11) is 1.54. The maximum Gasteiger partial charge on any atom is 0.335 e. The number of carboxylic acids is 1. The molecule has 1 unspecified atom stereocenters. The van der Waals surface area contributed by atoms with Gasteiger partial charge < -0.3 is 24.7 Å². The van der Waals surface area contributed by atoms with Gasteiger partial charge in [0.15, 0.2) is 5.60 Å². The summed E-state index contributed by atoms with van der Waals surface area (Å²) in [6, 6.07) is 5.55. The molecule has 8 heteroatoms. The van der Waals surface area contributed by atoms with Crippen molar-refractivity contribution in [1.82, 2.24) is 4.90 Å². The van der Waals surface area contributed by atoms with Gasteiger partial charge in [0.1, 0.15) is 5.75 Å². The Hall–Kier alpha value is -2.61. The number of rotatable bonds is 4. The number of nitrogens with zero attached hydrogens (tertiary/aromatic N) is 2. The van der Waals surface area contributed by atoms with Crippen LogP contribution in [0.2, 0.25) is 0 Å². The molecule has 2 saturated heterocycles. The summed E-state index contributed by atoms with van der Waals surface area (Å²) < 4.78 is 5.35. The lowest BCUT2D eigenvalue weighted by Crippen LogP contribution is -2.52. The lowest BCUT2D eigenvalue weighted by atomic mass is 9.91. The van der Waals surface area contributed by atoms with Gasteiger partial charge in [0.2, 0.25) is 11.8 Å². The first kappa shape index (κ1) is 19.2. The molecule has 2 N–H and O–H groups in total. The molecule has 0 aromatic heterocycles. The van der Waals surface area contributed by atoms with Crippen LogP contribution in [0, 0.1) is 12.8 Å². The number of aliphatic carboxylic acids is 1. The zero-order chi connectivity index (χ0) is 19.8. The number of carboxylic acid groups (broad SMARTS) is 1. The van der Waals surface area contributed by atoms with E-state index in [1.54, 1.807) is 15.9 Å².